The van der Waals surface area contributed by atoms with E-state index in [0.29, 0.717) is 25.7 Å². The van der Waals surface area contributed by atoms with Crippen molar-refractivity contribution in [3.8, 4) is 0 Å². The van der Waals surface area contributed by atoms with Crippen LogP contribution in [0.5, 0.6) is 0 Å². The van der Waals surface area contributed by atoms with E-state index in [4.69, 9.17) is 4.74 Å². The largest absolute Gasteiger partial charge is 0.381 e. The second-order valence-corrected chi connectivity index (χ2v) is 16.2. The van der Waals surface area contributed by atoms with Crippen LogP contribution in [-0.2, 0) is 21.3 Å². The maximum Gasteiger partial charge on any atom is 0.293 e. The fourth-order valence-corrected chi connectivity index (χ4v) is 9.09. The van der Waals surface area contributed by atoms with E-state index in [2.05, 4.69) is 49.0 Å². The summed E-state index contributed by atoms with van der Waals surface area (Å²) >= 11 is 0. The smallest absolute Gasteiger partial charge is 0.293 e. The zero-order valence-corrected chi connectivity index (χ0v) is 29.9. The molecule has 272 valence electrons. The Bertz CT molecular complexity index is 1790. The van der Waals surface area contributed by atoms with Crippen molar-refractivity contribution < 1.29 is 22.9 Å². The van der Waals surface area contributed by atoms with Gasteiger partial charge in [-0.15, -0.1) is 0 Å². The number of amides is 1. The molecule has 1 amide bonds. The number of hydrogen-bond donors (Lipinski definition) is 2. The van der Waals surface area contributed by atoms with E-state index in [1.807, 2.05) is 12.1 Å². The molecule has 1 aliphatic carbocycles. The number of anilines is 3. The molecule has 4 saturated heterocycles. The van der Waals surface area contributed by atoms with Gasteiger partial charge < -0.3 is 19.9 Å². The number of nitrogens with one attached hydrogen (secondary N) is 2. The van der Waals surface area contributed by atoms with Crippen molar-refractivity contribution in [1.29, 1.82) is 0 Å². The number of nitrogens with zero attached hydrogens (tertiary/aromatic N) is 4. The van der Waals surface area contributed by atoms with Crippen LogP contribution in [0.3, 0.4) is 0 Å². The van der Waals surface area contributed by atoms with Crippen molar-refractivity contribution in [3.05, 3.63) is 88.0 Å². The first-order valence-electron chi connectivity index (χ1n) is 18.3. The van der Waals surface area contributed by atoms with E-state index in [-0.39, 0.29) is 21.8 Å². The Balaban J connectivity index is 0.931. The number of ether oxygens (including phenoxy) is 1. The van der Waals surface area contributed by atoms with E-state index in [0.717, 1.165) is 69.2 Å². The van der Waals surface area contributed by atoms with E-state index in [9.17, 15) is 23.3 Å². The van der Waals surface area contributed by atoms with Crippen molar-refractivity contribution >= 4 is 38.7 Å². The van der Waals surface area contributed by atoms with Gasteiger partial charge in [0, 0.05) is 88.6 Å². The van der Waals surface area contributed by atoms with Crippen molar-refractivity contribution in [2.24, 2.45) is 17.8 Å². The number of sulfonamides is 1. The number of piperazine rings is 1. The standard InChI is InChI=1S/C38H48N6O6S/c45-38(40-51(48,49)34-13-14-35(37(23-34)44(46)47)39-24-28-15-21-50-22-16-28)31-9-11-33(12-10-31)42-19-17-41(18-20-42)27-32-3-1-2-4-36(32)43-25-29-5-6-30(26-43)8-7-29/h1-4,9-14,23,28-30,39H,5-8,15-22,24-27H2,(H,40,45). The summed E-state index contributed by atoms with van der Waals surface area (Å²) in [7, 11) is -4.36. The average molecular weight is 717 g/mol. The normalized spacial score (nSPS) is 21.6. The monoisotopic (exact) mass is 716 g/mol. The fraction of sp³-hybridized carbons (Fsp3) is 0.500. The molecule has 4 aliphatic heterocycles. The highest BCUT2D eigenvalue weighted by molar-refractivity contribution is 7.90. The van der Waals surface area contributed by atoms with Crippen LogP contribution in [-0.4, -0.2) is 83.2 Å². The molecule has 0 aromatic heterocycles. The maximum absolute atomic E-state index is 13.1. The molecule has 0 atom stereocenters. The lowest BCUT2D eigenvalue weighted by molar-refractivity contribution is -0.384. The number of hydrogen-bond acceptors (Lipinski definition) is 10. The third-order valence-electron chi connectivity index (χ3n) is 11.1. The second-order valence-electron chi connectivity index (χ2n) is 14.5. The van der Waals surface area contributed by atoms with Crippen LogP contribution in [0.2, 0.25) is 0 Å². The number of para-hydroxylation sites is 1. The summed E-state index contributed by atoms with van der Waals surface area (Å²) in [6, 6.07) is 19.4. The highest BCUT2D eigenvalue weighted by atomic mass is 32.2. The van der Waals surface area contributed by atoms with Crippen LogP contribution < -0.4 is 19.8 Å². The summed E-state index contributed by atoms with van der Waals surface area (Å²) in [6.07, 6.45) is 7.18. The summed E-state index contributed by atoms with van der Waals surface area (Å²) in [5, 5.41) is 14.9. The highest BCUT2D eigenvalue weighted by Crippen LogP contribution is 2.37. The molecular weight excluding hydrogens is 669 g/mol. The highest BCUT2D eigenvalue weighted by Gasteiger charge is 2.31. The molecule has 3 aromatic carbocycles. The predicted octanol–water partition coefficient (Wildman–Crippen LogP) is 5.50. The lowest BCUT2D eigenvalue weighted by atomic mass is 9.84. The zero-order chi connectivity index (χ0) is 35.4. The van der Waals surface area contributed by atoms with Crippen molar-refractivity contribution in [2.75, 3.05) is 74.1 Å². The molecule has 12 nitrogen and oxygen atoms in total. The molecule has 0 unspecified atom stereocenters. The molecule has 2 bridgehead atoms. The number of rotatable bonds is 11. The first-order valence-corrected chi connectivity index (χ1v) is 19.8. The summed E-state index contributed by atoms with van der Waals surface area (Å²) in [5.74, 6) is 1.15. The Morgan fingerprint density at radius 3 is 2.18 bits per heavy atom. The van der Waals surface area contributed by atoms with Gasteiger partial charge in [-0.2, -0.15) is 0 Å². The molecule has 51 heavy (non-hydrogen) atoms. The first kappa shape index (κ1) is 35.2. The Hall–Kier alpha value is -4.20. The lowest BCUT2D eigenvalue weighted by Crippen LogP contribution is -2.46. The molecule has 0 radical (unpaired) electrons. The van der Waals surface area contributed by atoms with Gasteiger partial charge in [0.2, 0.25) is 0 Å². The Morgan fingerprint density at radius 1 is 0.843 bits per heavy atom. The molecule has 5 fully saturated rings. The van der Waals surface area contributed by atoms with Crippen LogP contribution in [0.15, 0.2) is 71.6 Å². The fourth-order valence-electron chi connectivity index (χ4n) is 8.10. The third kappa shape index (κ3) is 8.48. The predicted molar refractivity (Wildman–Crippen MR) is 198 cm³/mol. The third-order valence-corrected chi connectivity index (χ3v) is 12.5. The van der Waals surface area contributed by atoms with Gasteiger partial charge in [-0.1, -0.05) is 18.2 Å². The van der Waals surface area contributed by atoms with Crippen LogP contribution in [0.4, 0.5) is 22.7 Å². The number of nitro groups is 1. The molecular formula is C38H48N6O6S. The minimum Gasteiger partial charge on any atom is -0.381 e. The van der Waals surface area contributed by atoms with Crippen LogP contribution in [0, 0.1) is 27.9 Å². The summed E-state index contributed by atoms with van der Waals surface area (Å²) in [6.45, 7) is 8.60. The van der Waals surface area contributed by atoms with Gasteiger partial charge in [0.25, 0.3) is 21.6 Å². The van der Waals surface area contributed by atoms with Gasteiger partial charge >= 0.3 is 0 Å². The lowest BCUT2D eigenvalue weighted by Gasteiger charge is -2.37. The Morgan fingerprint density at radius 2 is 1.51 bits per heavy atom. The average Bonchev–Trinajstić information content (AvgIpc) is 3.49. The van der Waals surface area contributed by atoms with E-state index >= 15 is 0 Å². The molecule has 4 heterocycles. The molecule has 0 spiro atoms. The molecule has 5 aliphatic rings. The molecule has 3 aromatic rings. The minimum absolute atomic E-state index is 0.184. The summed E-state index contributed by atoms with van der Waals surface area (Å²) in [4.78, 5) is 31.3. The number of carbonyl (C=O) groups excluding carboxylic acids is 1. The number of nitro benzene ring substituents is 1. The van der Waals surface area contributed by atoms with Crippen LogP contribution in [0.25, 0.3) is 0 Å². The molecule has 2 N–H and O–H groups in total. The van der Waals surface area contributed by atoms with E-state index in [1.54, 1.807) is 12.1 Å². The molecule has 13 heteroatoms. The zero-order valence-electron chi connectivity index (χ0n) is 29.0. The SMILES string of the molecule is O=C(NS(=O)(=O)c1ccc(NCC2CCOCC2)c([N+](=O)[O-])c1)c1ccc(N2CCN(Cc3ccccc3N3CC4CCC(CC4)C3)CC2)cc1. The second kappa shape index (κ2) is 15.6. The topological polar surface area (TPSA) is 137 Å². The van der Waals surface area contributed by atoms with Crippen molar-refractivity contribution in [1.82, 2.24) is 9.62 Å². The van der Waals surface area contributed by atoms with Gasteiger partial charge in [-0.25, -0.2) is 13.1 Å². The van der Waals surface area contributed by atoms with Gasteiger partial charge in [0.05, 0.1) is 9.82 Å². The van der Waals surface area contributed by atoms with E-state index in [1.165, 1.54) is 62.2 Å². The minimum atomic E-state index is -4.36. The van der Waals surface area contributed by atoms with Gasteiger partial charge in [0.1, 0.15) is 5.69 Å². The molecule has 1 saturated carbocycles. The van der Waals surface area contributed by atoms with Gasteiger partial charge in [0.15, 0.2) is 0 Å². The van der Waals surface area contributed by atoms with E-state index < -0.39 is 20.9 Å². The first-order chi connectivity index (χ1) is 24.7. The molecule has 8 rings (SSSR count). The van der Waals surface area contributed by atoms with Gasteiger partial charge in [-0.05, 0) is 104 Å². The summed E-state index contributed by atoms with van der Waals surface area (Å²) < 4.78 is 33.7. The van der Waals surface area contributed by atoms with Crippen molar-refractivity contribution in [2.45, 2.75) is 50.0 Å². The van der Waals surface area contributed by atoms with Gasteiger partial charge in [-0.3, -0.25) is 19.8 Å². The maximum atomic E-state index is 13.1. The Labute approximate surface area is 300 Å². The van der Waals surface area contributed by atoms with Crippen LogP contribution >= 0.6 is 0 Å². The Kier molecular flexibility index (Phi) is 10.8. The summed E-state index contributed by atoms with van der Waals surface area (Å²) in [5.41, 5.74) is 3.80. The number of fused-ring (bicyclic) bond motifs is 4. The quantitative estimate of drug-likeness (QED) is 0.193. The number of benzene rings is 3. The van der Waals surface area contributed by atoms with Crippen molar-refractivity contribution in [3.63, 3.8) is 0 Å². The number of carbonyl (C=O) groups is 1. The van der Waals surface area contributed by atoms with Crippen LogP contribution in [0.1, 0.15) is 54.4 Å².